The van der Waals surface area contributed by atoms with Gasteiger partial charge in [-0.25, -0.2) is 0 Å². The minimum atomic E-state index is 0.0649. The van der Waals surface area contributed by atoms with Crippen LogP contribution in [0.2, 0.25) is 0 Å². The molecule has 0 atom stereocenters. The molecule has 3 N–H and O–H groups in total. The highest BCUT2D eigenvalue weighted by Crippen LogP contribution is 2.24. The average Bonchev–Trinajstić information content (AvgIpc) is 2.45. The van der Waals surface area contributed by atoms with Crippen LogP contribution in [0.4, 0.5) is 5.82 Å². The predicted octanol–water partition coefficient (Wildman–Crippen LogP) is 1.44. The van der Waals surface area contributed by atoms with Gasteiger partial charge in [-0.2, -0.15) is 5.10 Å². The number of nitrogens with two attached hydrogens (primary N) is 1. The smallest absolute Gasteiger partial charge is 0.161 e. The lowest BCUT2D eigenvalue weighted by atomic mass is 10.0. The summed E-state index contributed by atoms with van der Waals surface area (Å²) in [6.45, 7) is 7.56. The molecule has 1 aromatic rings. The van der Waals surface area contributed by atoms with Gasteiger partial charge in [-0.15, -0.1) is 5.10 Å². The number of rotatable bonds is 8. The number of hydrogen-bond acceptors (Lipinski definition) is 5. The molecular formula is C14H24N4OS. The summed E-state index contributed by atoms with van der Waals surface area (Å²) in [5, 5.41) is 17.8. The normalized spacial score (nSPS) is 10.6. The monoisotopic (exact) mass is 296 g/mol. The number of hydrogen-bond donors (Lipinski definition) is 2. The van der Waals surface area contributed by atoms with Crippen LogP contribution in [0.5, 0.6) is 0 Å². The molecule has 0 spiro atoms. The van der Waals surface area contributed by atoms with Crippen LogP contribution in [0.1, 0.15) is 44.0 Å². The highest BCUT2D eigenvalue weighted by molar-refractivity contribution is 7.80. The van der Waals surface area contributed by atoms with Crippen molar-refractivity contribution < 1.29 is 5.11 Å². The van der Waals surface area contributed by atoms with E-state index in [-0.39, 0.29) is 6.61 Å². The molecule has 0 unspecified atom stereocenters. The Hall–Kier alpha value is -1.27. The zero-order chi connectivity index (χ0) is 15.1. The Morgan fingerprint density at radius 3 is 2.35 bits per heavy atom. The van der Waals surface area contributed by atoms with Crippen molar-refractivity contribution in [1.82, 2.24) is 10.2 Å². The first-order valence-electron chi connectivity index (χ1n) is 7.14. The Morgan fingerprint density at radius 2 is 1.90 bits per heavy atom. The van der Waals surface area contributed by atoms with Gasteiger partial charge in [-0.3, -0.25) is 0 Å². The van der Waals surface area contributed by atoms with Gasteiger partial charge < -0.3 is 15.7 Å². The van der Waals surface area contributed by atoms with E-state index >= 15 is 0 Å². The van der Waals surface area contributed by atoms with E-state index in [1.807, 2.05) is 11.8 Å². The van der Waals surface area contributed by atoms with E-state index in [0.29, 0.717) is 17.4 Å². The predicted molar refractivity (Wildman–Crippen MR) is 86.3 cm³/mol. The first kappa shape index (κ1) is 16.8. The van der Waals surface area contributed by atoms with Gasteiger partial charge in [0, 0.05) is 13.1 Å². The molecule has 0 aliphatic rings. The molecule has 0 aliphatic carbocycles. The zero-order valence-electron chi connectivity index (χ0n) is 12.5. The molecule has 0 amide bonds. The number of aromatic nitrogens is 2. The van der Waals surface area contributed by atoms with Gasteiger partial charge in [0.2, 0.25) is 0 Å². The van der Waals surface area contributed by atoms with Crippen molar-refractivity contribution in [2.24, 2.45) is 5.73 Å². The summed E-state index contributed by atoms with van der Waals surface area (Å²) >= 11 is 5.22. The molecule has 6 heteroatoms. The van der Waals surface area contributed by atoms with Crippen molar-refractivity contribution in [1.29, 1.82) is 0 Å². The fourth-order valence-electron chi connectivity index (χ4n) is 2.36. The highest BCUT2D eigenvalue weighted by atomic mass is 32.1. The lowest BCUT2D eigenvalue weighted by molar-refractivity contribution is 0.301. The maximum absolute atomic E-state index is 9.23. The Balaban J connectivity index is 3.40. The number of anilines is 1. The molecule has 0 saturated carbocycles. The molecule has 0 aliphatic heterocycles. The van der Waals surface area contributed by atoms with Crippen molar-refractivity contribution in [3.63, 3.8) is 0 Å². The van der Waals surface area contributed by atoms with Crippen LogP contribution in [-0.2, 0) is 12.8 Å². The number of aryl methyl sites for hydroxylation is 1. The summed E-state index contributed by atoms with van der Waals surface area (Å²) in [5.41, 5.74) is 8.75. The standard InChI is InChI=1S/C14H24N4OS/c1-4-7-18(8-9-19)14-12(13(15)20)10(5-2)11(6-3)16-17-14/h19H,4-9H2,1-3H3,(H2,15,20). The van der Waals surface area contributed by atoms with Gasteiger partial charge in [-0.1, -0.05) is 33.0 Å². The fraction of sp³-hybridized carbons (Fsp3) is 0.643. The third kappa shape index (κ3) is 3.64. The number of nitrogens with zero attached hydrogens (tertiary/aromatic N) is 3. The fourth-order valence-corrected chi connectivity index (χ4v) is 2.57. The molecule has 0 fully saturated rings. The van der Waals surface area contributed by atoms with Crippen molar-refractivity contribution in [3.05, 3.63) is 16.8 Å². The van der Waals surface area contributed by atoms with Gasteiger partial charge in [0.25, 0.3) is 0 Å². The van der Waals surface area contributed by atoms with E-state index in [9.17, 15) is 5.11 Å². The second kappa shape index (κ2) is 8.11. The molecule has 1 heterocycles. The van der Waals surface area contributed by atoms with E-state index in [2.05, 4.69) is 24.0 Å². The Bertz CT molecular complexity index is 459. The van der Waals surface area contributed by atoms with Crippen LogP contribution in [0.3, 0.4) is 0 Å². The lowest BCUT2D eigenvalue weighted by Gasteiger charge is -2.25. The zero-order valence-corrected chi connectivity index (χ0v) is 13.3. The van der Waals surface area contributed by atoms with Crippen LogP contribution in [0, 0.1) is 0 Å². The van der Waals surface area contributed by atoms with E-state index < -0.39 is 0 Å². The molecule has 20 heavy (non-hydrogen) atoms. The average molecular weight is 296 g/mol. The molecule has 1 rings (SSSR count). The third-order valence-electron chi connectivity index (χ3n) is 3.24. The topological polar surface area (TPSA) is 75.3 Å². The number of aliphatic hydroxyl groups excluding tert-OH is 1. The van der Waals surface area contributed by atoms with Crippen molar-refractivity contribution in [2.75, 3.05) is 24.6 Å². The van der Waals surface area contributed by atoms with Gasteiger partial charge in [0.05, 0.1) is 17.9 Å². The molecule has 0 saturated heterocycles. The van der Waals surface area contributed by atoms with E-state index in [4.69, 9.17) is 18.0 Å². The minimum absolute atomic E-state index is 0.0649. The SMILES string of the molecule is CCCN(CCO)c1nnc(CC)c(CC)c1C(N)=S. The molecule has 0 bridgehead atoms. The molecule has 5 nitrogen and oxygen atoms in total. The Labute approximate surface area is 126 Å². The minimum Gasteiger partial charge on any atom is -0.395 e. The van der Waals surface area contributed by atoms with Gasteiger partial charge in [0.15, 0.2) is 5.82 Å². The van der Waals surface area contributed by atoms with Crippen LogP contribution < -0.4 is 10.6 Å². The number of aliphatic hydroxyl groups is 1. The van der Waals surface area contributed by atoms with Crippen LogP contribution >= 0.6 is 12.2 Å². The van der Waals surface area contributed by atoms with Crippen molar-refractivity contribution in [2.45, 2.75) is 40.0 Å². The molecule has 0 radical (unpaired) electrons. The third-order valence-corrected chi connectivity index (χ3v) is 3.44. The summed E-state index contributed by atoms with van der Waals surface area (Å²) in [4.78, 5) is 2.35. The quantitative estimate of drug-likeness (QED) is 0.707. The van der Waals surface area contributed by atoms with Crippen LogP contribution in [0.15, 0.2) is 0 Å². The largest absolute Gasteiger partial charge is 0.395 e. The van der Waals surface area contributed by atoms with Gasteiger partial charge in [-0.05, 0) is 24.8 Å². The summed E-state index contributed by atoms with van der Waals surface area (Å²) < 4.78 is 0. The van der Waals surface area contributed by atoms with E-state index in [1.165, 1.54) is 0 Å². The first-order valence-corrected chi connectivity index (χ1v) is 7.55. The van der Waals surface area contributed by atoms with Crippen LogP contribution in [0.25, 0.3) is 0 Å². The van der Waals surface area contributed by atoms with Crippen molar-refractivity contribution in [3.8, 4) is 0 Å². The molecule has 1 aromatic heterocycles. The summed E-state index contributed by atoms with van der Waals surface area (Å²) in [7, 11) is 0. The van der Waals surface area contributed by atoms with Gasteiger partial charge >= 0.3 is 0 Å². The maximum Gasteiger partial charge on any atom is 0.161 e. The molecular weight excluding hydrogens is 272 g/mol. The molecule has 0 aromatic carbocycles. The van der Waals surface area contributed by atoms with Gasteiger partial charge in [0.1, 0.15) is 4.99 Å². The first-order chi connectivity index (χ1) is 9.60. The summed E-state index contributed by atoms with van der Waals surface area (Å²) in [6.07, 6.45) is 2.58. The maximum atomic E-state index is 9.23. The highest BCUT2D eigenvalue weighted by Gasteiger charge is 2.20. The second-order valence-electron chi connectivity index (χ2n) is 4.61. The Morgan fingerprint density at radius 1 is 1.20 bits per heavy atom. The lowest BCUT2D eigenvalue weighted by Crippen LogP contribution is -2.32. The van der Waals surface area contributed by atoms with Crippen molar-refractivity contribution >= 4 is 23.0 Å². The van der Waals surface area contributed by atoms with Crippen LogP contribution in [-0.4, -0.2) is 40.0 Å². The van der Waals surface area contributed by atoms with E-state index in [1.54, 1.807) is 0 Å². The Kier molecular flexibility index (Phi) is 6.81. The second-order valence-corrected chi connectivity index (χ2v) is 5.05. The van der Waals surface area contributed by atoms with E-state index in [0.717, 1.165) is 42.6 Å². The number of thiocarbonyl (C=S) groups is 1. The summed E-state index contributed by atoms with van der Waals surface area (Å²) in [5.74, 6) is 0.697. The summed E-state index contributed by atoms with van der Waals surface area (Å²) in [6, 6.07) is 0. The molecule has 112 valence electrons.